The maximum Gasteiger partial charge on any atom is 0.0708 e. The van der Waals surface area contributed by atoms with Crippen LogP contribution in [-0.4, -0.2) is 11.0 Å². The van der Waals surface area contributed by atoms with E-state index in [0.717, 1.165) is 36.9 Å². The second-order valence-corrected chi connectivity index (χ2v) is 5.84. The minimum atomic E-state index is -0.301. The van der Waals surface area contributed by atoms with E-state index in [1.54, 1.807) is 0 Å². The van der Waals surface area contributed by atoms with Crippen LogP contribution >= 0.6 is 0 Å². The summed E-state index contributed by atoms with van der Waals surface area (Å²) in [7, 11) is 0. The lowest BCUT2D eigenvalue weighted by atomic mass is 9.77. The molecule has 1 fully saturated rings. The third-order valence-corrected chi connectivity index (χ3v) is 4.36. The molecule has 3 nitrogen and oxygen atoms in total. The van der Waals surface area contributed by atoms with Gasteiger partial charge in [-0.05, 0) is 50.3 Å². The maximum absolute atomic E-state index is 6.58. The van der Waals surface area contributed by atoms with Gasteiger partial charge in [-0.1, -0.05) is 18.2 Å². The number of aromatic nitrogens is 1. The standard InChI is InChI=1S/C16H21N3/c1-11-10-15(16(18)8-6-12(17)7-9-16)19-14-5-3-2-4-13(11)14/h2-5,10,12H,6-9,17-18H2,1H3. The van der Waals surface area contributed by atoms with Crippen LogP contribution in [0.5, 0.6) is 0 Å². The summed E-state index contributed by atoms with van der Waals surface area (Å²) in [6.07, 6.45) is 3.84. The van der Waals surface area contributed by atoms with Crippen molar-refractivity contribution in [2.24, 2.45) is 11.5 Å². The summed E-state index contributed by atoms with van der Waals surface area (Å²) in [5, 5.41) is 1.21. The van der Waals surface area contributed by atoms with Crippen LogP contribution in [0.15, 0.2) is 30.3 Å². The van der Waals surface area contributed by atoms with Crippen LogP contribution in [-0.2, 0) is 5.54 Å². The first kappa shape index (κ1) is 12.6. The van der Waals surface area contributed by atoms with E-state index in [9.17, 15) is 0 Å². The average Bonchev–Trinajstić information content (AvgIpc) is 2.42. The molecule has 1 aromatic carbocycles. The molecule has 1 heterocycles. The number of nitrogens with two attached hydrogens (primary N) is 2. The minimum Gasteiger partial charge on any atom is -0.328 e. The van der Waals surface area contributed by atoms with Crippen LogP contribution in [0.1, 0.15) is 36.9 Å². The molecular weight excluding hydrogens is 234 g/mol. The molecule has 0 radical (unpaired) electrons. The molecule has 0 amide bonds. The highest BCUT2D eigenvalue weighted by atomic mass is 14.9. The van der Waals surface area contributed by atoms with E-state index in [1.165, 1.54) is 10.9 Å². The van der Waals surface area contributed by atoms with Gasteiger partial charge in [0, 0.05) is 11.4 Å². The van der Waals surface area contributed by atoms with E-state index in [4.69, 9.17) is 16.5 Å². The molecule has 0 unspecified atom stereocenters. The molecule has 0 aliphatic heterocycles. The molecule has 1 aliphatic carbocycles. The Labute approximate surface area is 114 Å². The Kier molecular flexibility index (Phi) is 3.03. The summed E-state index contributed by atoms with van der Waals surface area (Å²) in [5.74, 6) is 0. The van der Waals surface area contributed by atoms with Gasteiger partial charge in [0.15, 0.2) is 0 Å². The zero-order valence-electron chi connectivity index (χ0n) is 11.4. The van der Waals surface area contributed by atoms with Crippen LogP contribution < -0.4 is 11.5 Å². The summed E-state index contributed by atoms with van der Waals surface area (Å²) in [6, 6.07) is 10.7. The van der Waals surface area contributed by atoms with Gasteiger partial charge in [0.25, 0.3) is 0 Å². The summed E-state index contributed by atoms with van der Waals surface area (Å²) in [4.78, 5) is 4.79. The topological polar surface area (TPSA) is 64.9 Å². The number of para-hydroxylation sites is 1. The van der Waals surface area contributed by atoms with Crippen molar-refractivity contribution in [3.63, 3.8) is 0 Å². The van der Waals surface area contributed by atoms with Gasteiger partial charge < -0.3 is 11.5 Å². The Morgan fingerprint density at radius 3 is 2.63 bits per heavy atom. The Balaban J connectivity index is 2.05. The third-order valence-electron chi connectivity index (χ3n) is 4.36. The number of aryl methyl sites for hydroxylation is 1. The number of pyridine rings is 1. The van der Waals surface area contributed by atoms with Crippen LogP contribution in [0.3, 0.4) is 0 Å². The number of nitrogens with zero attached hydrogens (tertiary/aromatic N) is 1. The van der Waals surface area contributed by atoms with Gasteiger partial charge in [-0.15, -0.1) is 0 Å². The van der Waals surface area contributed by atoms with Crippen LogP contribution in [0.4, 0.5) is 0 Å². The SMILES string of the molecule is Cc1cc(C2(N)CCC(N)CC2)nc2ccccc12. The number of fused-ring (bicyclic) bond motifs is 1. The predicted molar refractivity (Wildman–Crippen MR) is 78.8 cm³/mol. The van der Waals surface area contributed by atoms with E-state index in [2.05, 4.69) is 31.2 Å². The fourth-order valence-electron chi connectivity index (χ4n) is 3.02. The molecule has 1 aromatic heterocycles. The van der Waals surface area contributed by atoms with Crippen molar-refractivity contribution in [3.05, 3.63) is 41.6 Å². The smallest absolute Gasteiger partial charge is 0.0708 e. The van der Waals surface area contributed by atoms with Gasteiger partial charge in [-0.25, -0.2) is 0 Å². The van der Waals surface area contributed by atoms with Crippen molar-refractivity contribution in [1.82, 2.24) is 4.98 Å². The molecule has 0 saturated heterocycles. The molecule has 19 heavy (non-hydrogen) atoms. The Morgan fingerprint density at radius 2 is 1.89 bits per heavy atom. The molecule has 0 atom stereocenters. The summed E-state index contributed by atoms with van der Waals surface area (Å²) < 4.78 is 0. The lowest BCUT2D eigenvalue weighted by Crippen LogP contribution is -2.44. The van der Waals surface area contributed by atoms with Crippen molar-refractivity contribution >= 4 is 10.9 Å². The number of rotatable bonds is 1. The van der Waals surface area contributed by atoms with Gasteiger partial charge in [0.1, 0.15) is 0 Å². The minimum absolute atomic E-state index is 0.301. The highest BCUT2D eigenvalue weighted by Gasteiger charge is 2.33. The second kappa shape index (κ2) is 4.58. The first-order valence-corrected chi connectivity index (χ1v) is 7.00. The highest BCUT2D eigenvalue weighted by molar-refractivity contribution is 5.82. The number of hydrogen-bond donors (Lipinski definition) is 2. The Morgan fingerprint density at radius 1 is 1.21 bits per heavy atom. The molecule has 1 saturated carbocycles. The fraction of sp³-hybridized carbons (Fsp3) is 0.438. The Bertz CT molecular complexity index is 598. The summed E-state index contributed by atoms with van der Waals surface area (Å²) in [5.41, 5.74) is 15.6. The van der Waals surface area contributed by atoms with E-state index in [0.29, 0.717) is 6.04 Å². The molecule has 4 N–H and O–H groups in total. The fourth-order valence-corrected chi connectivity index (χ4v) is 3.02. The maximum atomic E-state index is 6.58. The van der Waals surface area contributed by atoms with Gasteiger partial charge in [0.2, 0.25) is 0 Å². The molecule has 1 aliphatic rings. The highest BCUT2D eigenvalue weighted by Crippen LogP contribution is 2.34. The lowest BCUT2D eigenvalue weighted by molar-refractivity contribution is 0.272. The first-order chi connectivity index (χ1) is 9.08. The number of hydrogen-bond acceptors (Lipinski definition) is 3. The predicted octanol–water partition coefficient (Wildman–Crippen LogP) is 2.60. The van der Waals surface area contributed by atoms with Crippen LogP contribution in [0, 0.1) is 6.92 Å². The van der Waals surface area contributed by atoms with Crippen molar-refractivity contribution in [2.45, 2.75) is 44.2 Å². The Hall–Kier alpha value is -1.45. The van der Waals surface area contributed by atoms with E-state index in [1.807, 2.05) is 6.07 Å². The van der Waals surface area contributed by atoms with Gasteiger partial charge in [-0.2, -0.15) is 0 Å². The zero-order chi connectivity index (χ0) is 13.5. The molecule has 100 valence electrons. The van der Waals surface area contributed by atoms with Crippen LogP contribution in [0.25, 0.3) is 10.9 Å². The zero-order valence-corrected chi connectivity index (χ0v) is 11.4. The summed E-state index contributed by atoms with van der Waals surface area (Å²) in [6.45, 7) is 2.13. The molecule has 0 bridgehead atoms. The molecule has 3 heteroatoms. The van der Waals surface area contributed by atoms with Gasteiger partial charge in [-0.3, -0.25) is 4.98 Å². The quantitative estimate of drug-likeness (QED) is 0.823. The molecular formula is C16H21N3. The number of benzene rings is 1. The van der Waals surface area contributed by atoms with Crippen molar-refractivity contribution in [3.8, 4) is 0 Å². The van der Waals surface area contributed by atoms with Gasteiger partial charge >= 0.3 is 0 Å². The molecule has 2 aromatic rings. The normalized spacial score (nSPS) is 27.6. The second-order valence-electron chi connectivity index (χ2n) is 5.84. The largest absolute Gasteiger partial charge is 0.328 e. The van der Waals surface area contributed by atoms with Crippen molar-refractivity contribution < 1.29 is 0 Å². The summed E-state index contributed by atoms with van der Waals surface area (Å²) >= 11 is 0. The van der Waals surface area contributed by atoms with Crippen molar-refractivity contribution in [2.75, 3.05) is 0 Å². The monoisotopic (exact) mass is 255 g/mol. The van der Waals surface area contributed by atoms with Crippen molar-refractivity contribution in [1.29, 1.82) is 0 Å². The molecule has 0 spiro atoms. The van der Waals surface area contributed by atoms with E-state index >= 15 is 0 Å². The first-order valence-electron chi connectivity index (χ1n) is 7.00. The molecule has 3 rings (SSSR count). The van der Waals surface area contributed by atoms with E-state index < -0.39 is 0 Å². The van der Waals surface area contributed by atoms with E-state index in [-0.39, 0.29) is 5.54 Å². The third kappa shape index (κ3) is 2.24. The van der Waals surface area contributed by atoms with Gasteiger partial charge in [0.05, 0.1) is 16.7 Å². The van der Waals surface area contributed by atoms with Crippen LogP contribution in [0.2, 0.25) is 0 Å². The average molecular weight is 255 g/mol. The lowest BCUT2D eigenvalue weighted by Gasteiger charge is -2.35.